The maximum Gasteiger partial charge on any atom is 0.250 e. The molecule has 1 aliphatic rings. The molecule has 10 nitrogen and oxygen atoms in total. The van der Waals surface area contributed by atoms with E-state index >= 15 is 0 Å². The Labute approximate surface area is 271 Å². The third-order valence-electron chi connectivity index (χ3n) is 7.28. The first-order valence-corrected chi connectivity index (χ1v) is 14.4. The van der Waals surface area contributed by atoms with Gasteiger partial charge in [-0.3, -0.25) is 14.4 Å². The molecule has 1 fully saturated rings. The Balaban J connectivity index is 0.00000337. The van der Waals surface area contributed by atoms with Gasteiger partial charge in [-0.1, -0.05) is 74.5 Å². The molecule has 2 heterocycles. The second-order valence-electron chi connectivity index (χ2n) is 11.9. The van der Waals surface area contributed by atoms with Crippen molar-refractivity contribution in [2.45, 2.75) is 58.3 Å². The molecule has 12 heteroatoms. The first-order valence-electron chi connectivity index (χ1n) is 14.4. The van der Waals surface area contributed by atoms with Gasteiger partial charge in [0.2, 0.25) is 11.8 Å². The number of nitrogens with zero attached hydrogens (tertiary/aromatic N) is 3. The van der Waals surface area contributed by atoms with Crippen molar-refractivity contribution in [2.75, 3.05) is 25.0 Å². The van der Waals surface area contributed by atoms with E-state index in [2.05, 4.69) is 29.5 Å². The van der Waals surface area contributed by atoms with Crippen molar-refractivity contribution < 1.29 is 19.1 Å². The number of anilines is 1. The van der Waals surface area contributed by atoms with Gasteiger partial charge in [0.05, 0.1) is 25.1 Å². The lowest BCUT2D eigenvalue weighted by atomic mass is 9.91. The molecule has 3 amide bonds. The van der Waals surface area contributed by atoms with Gasteiger partial charge < -0.3 is 30.6 Å². The quantitative estimate of drug-likeness (QED) is 0.286. The van der Waals surface area contributed by atoms with Crippen LogP contribution in [0.15, 0.2) is 73.2 Å². The highest BCUT2D eigenvalue weighted by Gasteiger charge is 2.33. The number of ether oxygens (including phenoxy) is 1. The molecule has 0 saturated carbocycles. The van der Waals surface area contributed by atoms with Gasteiger partial charge >= 0.3 is 0 Å². The van der Waals surface area contributed by atoms with E-state index < -0.39 is 29.4 Å². The number of likely N-dealkylation sites (tertiary alicyclic amines) is 1. The van der Waals surface area contributed by atoms with Crippen molar-refractivity contribution in [3.8, 4) is 0 Å². The predicted molar refractivity (Wildman–Crippen MR) is 176 cm³/mol. The normalized spacial score (nSPS) is 17.8. The highest BCUT2D eigenvalue weighted by atomic mass is 35.5. The minimum atomic E-state index is -1.19. The van der Waals surface area contributed by atoms with E-state index in [1.54, 1.807) is 30.9 Å². The smallest absolute Gasteiger partial charge is 0.250 e. The number of carbonyl (C=O) groups is 3. The minimum absolute atomic E-state index is 0. The van der Waals surface area contributed by atoms with E-state index in [4.69, 9.17) is 10.5 Å². The Morgan fingerprint density at radius 2 is 1.59 bits per heavy atom. The van der Waals surface area contributed by atoms with E-state index in [1.807, 2.05) is 65.6 Å². The number of piperidine rings is 1. The Kier molecular flexibility index (Phi) is 13.8. The van der Waals surface area contributed by atoms with Crippen molar-refractivity contribution in [3.05, 3.63) is 84.3 Å². The maximum absolute atomic E-state index is 13.9. The first kappa shape index (κ1) is 36.8. The van der Waals surface area contributed by atoms with E-state index in [0.29, 0.717) is 24.9 Å². The van der Waals surface area contributed by atoms with Gasteiger partial charge in [0.15, 0.2) is 5.82 Å². The second kappa shape index (κ2) is 16.6. The molecule has 1 aromatic heterocycles. The molecule has 240 valence electrons. The number of amides is 3. The van der Waals surface area contributed by atoms with Crippen LogP contribution in [0.1, 0.15) is 51.3 Å². The monoisotopic (exact) mass is 646 g/mol. The number of halogens is 2. The molecular weight excluding hydrogens is 603 g/mol. The fourth-order valence-electron chi connectivity index (χ4n) is 5.25. The molecule has 44 heavy (non-hydrogen) atoms. The number of carbonyl (C=O) groups excluding carboxylic acids is 3. The third kappa shape index (κ3) is 10.1. The van der Waals surface area contributed by atoms with Gasteiger partial charge in [-0.25, -0.2) is 4.98 Å². The minimum Gasteiger partial charge on any atom is -0.374 e. The lowest BCUT2D eigenvalue weighted by Gasteiger charge is -2.37. The molecular formula is C32H44Cl2N6O4. The number of rotatable bonds is 11. The summed E-state index contributed by atoms with van der Waals surface area (Å²) in [5.41, 5.74) is 6.54. The van der Waals surface area contributed by atoms with Crippen molar-refractivity contribution in [1.29, 1.82) is 0 Å². The van der Waals surface area contributed by atoms with E-state index in [0.717, 1.165) is 17.5 Å². The summed E-state index contributed by atoms with van der Waals surface area (Å²) in [7, 11) is 0. The van der Waals surface area contributed by atoms with Crippen LogP contribution in [-0.2, 0) is 25.7 Å². The highest BCUT2D eigenvalue weighted by Crippen LogP contribution is 2.27. The molecule has 2 aromatic carbocycles. The summed E-state index contributed by atoms with van der Waals surface area (Å²) in [5.74, 6) is 0.0781. The van der Waals surface area contributed by atoms with Crippen molar-refractivity contribution in [2.24, 2.45) is 17.6 Å². The highest BCUT2D eigenvalue weighted by molar-refractivity contribution is 5.98. The zero-order valence-electron chi connectivity index (χ0n) is 25.6. The van der Waals surface area contributed by atoms with Gasteiger partial charge in [-0.15, -0.1) is 24.8 Å². The van der Waals surface area contributed by atoms with Crippen molar-refractivity contribution >= 4 is 48.4 Å². The van der Waals surface area contributed by atoms with Crippen LogP contribution in [0.2, 0.25) is 0 Å². The summed E-state index contributed by atoms with van der Waals surface area (Å²) in [6.45, 7) is 9.07. The first-order chi connectivity index (χ1) is 20.0. The van der Waals surface area contributed by atoms with Crippen LogP contribution >= 0.6 is 24.8 Å². The van der Waals surface area contributed by atoms with Gasteiger partial charge in [0.1, 0.15) is 12.1 Å². The van der Waals surface area contributed by atoms with Gasteiger partial charge in [-0.05, 0) is 43.2 Å². The lowest BCUT2D eigenvalue weighted by molar-refractivity contribution is -0.136. The van der Waals surface area contributed by atoms with E-state index in [9.17, 15) is 14.4 Å². The van der Waals surface area contributed by atoms with Gasteiger partial charge in [0.25, 0.3) is 5.91 Å². The number of nitrogens with one attached hydrogen (secondary N) is 2. The van der Waals surface area contributed by atoms with Crippen LogP contribution in [0.25, 0.3) is 0 Å². The maximum atomic E-state index is 13.9. The van der Waals surface area contributed by atoms with Gasteiger partial charge in [-0.2, -0.15) is 0 Å². The van der Waals surface area contributed by atoms with Crippen LogP contribution in [0, 0.1) is 11.8 Å². The standard InChI is InChI=1S/C32H42N6O4.2ClH/c1-22-15-23(2)17-37(16-22)30(40)28(25-13-9-6-10-14-25)38-18-27(34-21-38)36-29(39)26(35-31(41)32(3,4)33)20-42-19-24-11-7-5-8-12-24;;/h5-14,18,21-23,26,28H,15-17,19-20,33H2,1-4H3,(H,35,41)(H,36,39);2*1H/t22?,23?,26-,28?;;/m1../s1. The largest absolute Gasteiger partial charge is 0.374 e. The summed E-state index contributed by atoms with van der Waals surface area (Å²) in [4.78, 5) is 46.2. The Morgan fingerprint density at radius 3 is 2.18 bits per heavy atom. The summed E-state index contributed by atoms with van der Waals surface area (Å²) in [6.07, 6.45) is 4.28. The predicted octanol–water partition coefficient (Wildman–Crippen LogP) is 4.20. The van der Waals surface area contributed by atoms with Crippen LogP contribution < -0.4 is 16.4 Å². The van der Waals surface area contributed by atoms with Crippen LogP contribution in [0.4, 0.5) is 5.82 Å². The molecule has 3 aromatic rings. The number of imidazole rings is 1. The summed E-state index contributed by atoms with van der Waals surface area (Å²) in [5, 5.41) is 5.47. The fourth-order valence-corrected chi connectivity index (χ4v) is 5.25. The molecule has 4 atom stereocenters. The molecule has 0 bridgehead atoms. The summed E-state index contributed by atoms with van der Waals surface area (Å²) < 4.78 is 7.50. The second-order valence-corrected chi connectivity index (χ2v) is 11.9. The fraction of sp³-hybridized carbons (Fsp3) is 0.438. The van der Waals surface area contributed by atoms with Crippen LogP contribution in [0.5, 0.6) is 0 Å². The SMILES string of the molecule is CC1CC(C)CN(C(=O)C(c2ccccc2)n2cnc(NC(=O)[C@@H](COCc3ccccc3)NC(=O)C(C)(C)N)c2)C1.Cl.Cl. The number of benzene rings is 2. The third-order valence-corrected chi connectivity index (χ3v) is 7.28. The lowest BCUT2D eigenvalue weighted by Crippen LogP contribution is -2.56. The van der Waals surface area contributed by atoms with E-state index in [1.165, 1.54) is 0 Å². The summed E-state index contributed by atoms with van der Waals surface area (Å²) in [6, 6.07) is 17.4. The summed E-state index contributed by atoms with van der Waals surface area (Å²) >= 11 is 0. The number of hydrogen-bond acceptors (Lipinski definition) is 6. The van der Waals surface area contributed by atoms with Gasteiger partial charge in [0, 0.05) is 19.3 Å². The Hall–Kier alpha value is -3.44. The van der Waals surface area contributed by atoms with Crippen molar-refractivity contribution in [1.82, 2.24) is 19.8 Å². The van der Waals surface area contributed by atoms with E-state index in [-0.39, 0.29) is 49.8 Å². The number of nitrogens with two attached hydrogens (primary N) is 1. The molecule has 3 unspecified atom stereocenters. The Bertz CT molecular complexity index is 1340. The molecule has 0 aliphatic carbocycles. The van der Waals surface area contributed by atoms with Crippen LogP contribution in [0.3, 0.4) is 0 Å². The average Bonchev–Trinajstić information content (AvgIpc) is 3.40. The average molecular weight is 648 g/mol. The zero-order valence-corrected chi connectivity index (χ0v) is 27.3. The molecule has 0 spiro atoms. The number of hydrogen-bond donors (Lipinski definition) is 3. The topological polar surface area (TPSA) is 132 Å². The number of aromatic nitrogens is 2. The van der Waals surface area contributed by atoms with Crippen LogP contribution in [-0.4, -0.2) is 63.4 Å². The zero-order chi connectivity index (χ0) is 30.3. The molecule has 4 rings (SSSR count). The molecule has 1 aliphatic heterocycles. The van der Waals surface area contributed by atoms with Crippen molar-refractivity contribution in [3.63, 3.8) is 0 Å². The Morgan fingerprint density at radius 1 is 1.00 bits per heavy atom. The molecule has 1 saturated heterocycles. The molecule has 4 N–H and O–H groups in total. The molecule has 0 radical (unpaired) electrons.